The summed E-state index contributed by atoms with van der Waals surface area (Å²) in [6, 6.07) is 5.78. The quantitative estimate of drug-likeness (QED) is 0.890. The summed E-state index contributed by atoms with van der Waals surface area (Å²) < 4.78 is 19.4. The molecule has 0 saturated carbocycles. The van der Waals surface area contributed by atoms with Crippen LogP contribution in [0.4, 0.5) is 10.1 Å². The molecule has 0 amide bonds. The first-order chi connectivity index (χ1) is 8.72. The van der Waals surface area contributed by atoms with Gasteiger partial charge in [-0.1, -0.05) is 6.07 Å². The van der Waals surface area contributed by atoms with E-state index in [1.165, 1.54) is 0 Å². The van der Waals surface area contributed by atoms with Crippen molar-refractivity contribution in [3.8, 4) is 0 Å². The van der Waals surface area contributed by atoms with E-state index in [2.05, 4.69) is 0 Å². The van der Waals surface area contributed by atoms with E-state index >= 15 is 0 Å². The zero-order valence-corrected chi connectivity index (χ0v) is 10.9. The topological polar surface area (TPSA) is 38.5 Å². The largest absolute Gasteiger partial charge is 0.381 e. The normalized spacial score (nSPS) is 16.8. The molecule has 1 heterocycles. The van der Waals surface area contributed by atoms with Gasteiger partial charge in [0.2, 0.25) is 0 Å². The lowest BCUT2D eigenvalue weighted by atomic mass is 10.1. The third-order valence-electron chi connectivity index (χ3n) is 3.56. The van der Waals surface area contributed by atoms with E-state index in [9.17, 15) is 4.39 Å². The zero-order chi connectivity index (χ0) is 13.0. The molecule has 1 aliphatic heterocycles. The van der Waals surface area contributed by atoms with Gasteiger partial charge in [0, 0.05) is 26.3 Å². The van der Waals surface area contributed by atoms with Crippen LogP contribution in [-0.2, 0) is 11.2 Å². The van der Waals surface area contributed by atoms with Crippen LogP contribution in [0.3, 0.4) is 0 Å². The van der Waals surface area contributed by atoms with Crippen molar-refractivity contribution < 1.29 is 9.13 Å². The summed E-state index contributed by atoms with van der Waals surface area (Å²) in [6.45, 7) is 2.08. The van der Waals surface area contributed by atoms with Gasteiger partial charge in [0.15, 0.2) is 0 Å². The molecule has 0 bridgehead atoms. The van der Waals surface area contributed by atoms with Crippen molar-refractivity contribution in [2.24, 2.45) is 5.73 Å². The number of nitrogens with two attached hydrogens (primary N) is 1. The van der Waals surface area contributed by atoms with Crippen LogP contribution < -0.4 is 10.6 Å². The minimum absolute atomic E-state index is 0.157. The zero-order valence-electron chi connectivity index (χ0n) is 10.9. The van der Waals surface area contributed by atoms with Crippen LogP contribution in [0, 0.1) is 5.82 Å². The Morgan fingerprint density at radius 1 is 1.39 bits per heavy atom. The lowest BCUT2D eigenvalue weighted by Gasteiger charge is -2.33. The van der Waals surface area contributed by atoms with Gasteiger partial charge in [-0.15, -0.1) is 0 Å². The molecule has 0 radical (unpaired) electrons. The lowest BCUT2D eigenvalue weighted by Crippen LogP contribution is -2.37. The summed E-state index contributed by atoms with van der Waals surface area (Å²) >= 11 is 0. The molecule has 0 aromatic heterocycles. The van der Waals surface area contributed by atoms with E-state index in [0.29, 0.717) is 18.3 Å². The van der Waals surface area contributed by atoms with Crippen molar-refractivity contribution in [3.05, 3.63) is 29.6 Å². The van der Waals surface area contributed by atoms with Crippen LogP contribution in [0.2, 0.25) is 0 Å². The average molecular weight is 252 g/mol. The second kappa shape index (κ2) is 6.16. The van der Waals surface area contributed by atoms with Gasteiger partial charge in [-0.3, -0.25) is 0 Å². The van der Waals surface area contributed by atoms with Crippen LogP contribution >= 0.6 is 0 Å². The number of anilines is 1. The first kappa shape index (κ1) is 13.3. The number of benzene rings is 1. The minimum atomic E-state index is -0.157. The molecule has 100 valence electrons. The summed E-state index contributed by atoms with van der Waals surface area (Å²) in [5.74, 6) is -0.157. The Balaban J connectivity index is 2.11. The fourth-order valence-corrected chi connectivity index (χ4v) is 2.43. The highest BCUT2D eigenvalue weighted by atomic mass is 19.1. The third-order valence-corrected chi connectivity index (χ3v) is 3.56. The fourth-order valence-electron chi connectivity index (χ4n) is 2.43. The van der Waals surface area contributed by atoms with Crippen LogP contribution in [-0.4, -0.2) is 32.8 Å². The van der Waals surface area contributed by atoms with Gasteiger partial charge in [-0.2, -0.15) is 0 Å². The van der Waals surface area contributed by atoms with E-state index in [4.69, 9.17) is 10.5 Å². The molecular weight excluding hydrogens is 231 g/mol. The van der Waals surface area contributed by atoms with Gasteiger partial charge in [0.1, 0.15) is 5.82 Å². The van der Waals surface area contributed by atoms with Crippen molar-refractivity contribution in [1.29, 1.82) is 0 Å². The molecule has 2 N–H and O–H groups in total. The summed E-state index contributed by atoms with van der Waals surface area (Å²) in [5.41, 5.74) is 7.11. The predicted octanol–water partition coefficient (Wildman–Crippen LogP) is 1.94. The predicted molar refractivity (Wildman–Crippen MR) is 71.4 cm³/mol. The summed E-state index contributed by atoms with van der Waals surface area (Å²) in [4.78, 5) is 2.03. The van der Waals surface area contributed by atoms with Gasteiger partial charge < -0.3 is 15.4 Å². The highest BCUT2D eigenvalue weighted by Crippen LogP contribution is 2.25. The number of nitrogens with zero attached hydrogens (tertiary/aromatic N) is 1. The standard InChI is InChI=1S/C14H21FN2O/c1-17(12-5-8-18-9-6-12)14-3-2-11(4-7-16)10-13(14)15/h2-3,10,12H,4-9,16H2,1H3. The van der Waals surface area contributed by atoms with Crippen molar-refractivity contribution in [1.82, 2.24) is 0 Å². The Kier molecular flexibility index (Phi) is 4.55. The number of ether oxygens (including phenoxy) is 1. The van der Waals surface area contributed by atoms with Crippen molar-refractivity contribution >= 4 is 5.69 Å². The smallest absolute Gasteiger partial charge is 0.146 e. The van der Waals surface area contributed by atoms with Gasteiger partial charge in [0.05, 0.1) is 5.69 Å². The number of hydrogen-bond donors (Lipinski definition) is 1. The van der Waals surface area contributed by atoms with Gasteiger partial charge >= 0.3 is 0 Å². The molecule has 1 aromatic carbocycles. The van der Waals surface area contributed by atoms with E-state index in [1.54, 1.807) is 6.07 Å². The Labute approximate surface area is 108 Å². The fraction of sp³-hybridized carbons (Fsp3) is 0.571. The molecule has 1 fully saturated rings. The molecule has 0 spiro atoms. The van der Waals surface area contributed by atoms with Crippen molar-refractivity contribution in [2.45, 2.75) is 25.3 Å². The minimum Gasteiger partial charge on any atom is -0.381 e. The van der Waals surface area contributed by atoms with Crippen LogP contribution in [0.25, 0.3) is 0 Å². The van der Waals surface area contributed by atoms with Gasteiger partial charge in [-0.25, -0.2) is 4.39 Å². The third kappa shape index (κ3) is 3.00. The molecule has 1 aromatic rings. The Morgan fingerprint density at radius 3 is 2.72 bits per heavy atom. The molecule has 4 heteroatoms. The van der Waals surface area contributed by atoms with Crippen molar-refractivity contribution in [3.63, 3.8) is 0 Å². The summed E-state index contributed by atoms with van der Waals surface area (Å²) in [6.07, 6.45) is 2.64. The molecule has 3 nitrogen and oxygen atoms in total. The van der Waals surface area contributed by atoms with E-state index < -0.39 is 0 Å². The lowest BCUT2D eigenvalue weighted by molar-refractivity contribution is 0.0853. The summed E-state index contributed by atoms with van der Waals surface area (Å²) in [5, 5.41) is 0. The highest BCUT2D eigenvalue weighted by molar-refractivity contribution is 5.49. The molecule has 1 aliphatic rings. The first-order valence-corrected chi connectivity index (χ1v) is 6.51. The maximum atomic E-state index is 14.1. The number of hydrogen-bond acceptors (Lipinski definition) is 3. The molecule has 0 unspecified atom stereocenters. The molecule has 18 heavy (non-hydrogen) atoms. The Morgan fingerprint density at radius 2 is 2.11 bits per heavy atom. The Hall–Kier alpha value is -1.13. The molecule has 1 saturated heterocycles. The maximum Gasteiger partial charge on any atom is 0.146 e. The average Bonchev–Trinajstić information content (AvgIpc) is 2.40. The highest BCUT2D eigenvalue weighted by Gasteiger charge is 2.20. The van der Waals surface area contributed by atoms with Crippen molar-refractivity contribution in [2.75, 3.05) is 31.7 Å². The van der Waals surface area contributed by atoms with Crippen LogP contribution in [0.5, 0.6) is 0 Å². The number of halogens is 1. The molecule has 2 rings (SSSR count). The number of rotatable bonds is 4. The molecule has 0 aliphatic carbocycles. The Bertz CT molecular complexity index is 391. The SMILES string of the molecule is CN(c1ccc(CCN)cc1F)C1CCOCC1. The first-order valence-electron chi connectivity index (χ1n) is 6.51. The van der Waals surface area contributed by atoms with Crippen LogP contribution in [0.15, 0.2) is 18.2 Å². The van der Waals surface area contributed by atoms with E-state index in [-0.39, 0.29) is 5.82 Å². The van der Waals surface area contributed by atoms with Gasteiger partial charge in [0.25, 0.3) is 0 Å². The van der Waals surface area contributed by atoms with Crippen LogP contribution in [0.1, 0.15) is 18.4 Å². The maximum absolute atomic E-state index is 14.1. The summed E-state index contributed by atoms with van der Waals surface area (Å²) in [7, 11) is 1.96. The van der Waals surface area contributed by atoms with E-state index in [0.717, 1.165) is 38.0 Å². The molecular formula is C14H21FN2O. The monoisotopic (exact) mass is 252 g/mol. The molecule has 0 atom stereocenters. The van der Waals surface area contributed by atoms with Gasteiger partial charge in [-0.05, 0) is 43.5 Å². The second-order valence-electron chi connectivity index (χ2n) is 4.78. The van der Waals surface area contributed by atoms with E-state index in [1.807, 2.05) is 24.1 Å². The second-order valence-corrected chi connectivity index (χ2v) is 4.78.